The fourth-order valence-electron chi connectivity index (χ4n) is 3.06. The Bertz CT molecular complexity index is 714. The van der Waals surface area contributed by atoms with E-state index in [1.807, 2.05) is 18.2 Å². The molecule has 0 spiro atoms. The highest BCUT2D eigenvalue weighted by atomic mass is 16.5. The van der Waals surface area contributed by atoms with Crippen molar-refractivity contribution in [1.29, 1.82) is 0 Å². The van der Waals surface area contributed by atoms with E-state index in [4.69, 9.17) is 9.15 Å². The van der Waals surface area contributed by atoms with Gasteiger partial charge in [0, 0.05) is 23.6 Å². The quantitative estimate of drug-likeness (QED) is 0.820. The van der Waals surface area contributed by atoms with Gasteiger partial charge in [-0.05, 0) is 44.2 Å². The second-order valence-electron chi connectivity index (χ2n) is 6.01. The number of methoxy groups -OCH3 is 1. The van der Waals surface area contributed by atoms with Crippen LogP contribution in [0, 0.1) is 0 Å². The number of ether oxygens (including phenoxy) is 1. The van der Waals surface area contributed by atoms with E-state index >= 15 is 0 Å². The Labute approximate surface area is 136 Å². The van der Waals surface area contributed by atoms with E-state index < -0.39 is 0 Å². The third-order valence-corrected chi connectivity index (χ3v) is 4.37. The van der Waals surface area contributed by atoms with Gasteiger partial charge >= 0.3 is 0 Å². The molecule has 1 N–H and O–H groups in total. The summed E-state index contributed by atoms with van der Waals surface area (Å²) < 4.78 is 10.7. The Morgan fingerprint density at radius 1 is 1.35 bits per heavy atom. The van der Waals surface area contributed by atoms with Gasteiger partial charge in [-0.1, -0.05) is 11.6 Å². The zero-order valence-corrected chi connectivity index (χ0v) is 13.6. The molecule has 1 amide bonds. The fraction of sp³-hybridized carbons (Fsp3) is 0.421. The summed E-state index contributed by atoms with van der Waals surface area (Å²) in [5.41, 5.74) is 3.15. The number of fused-ring (bicyclic) bond motifs is 1. The first-order valence-corrected chi connectivity index (χ1v) is 8.25. The number of nitrogens with one attached hydrogen (secondary N) is 1. The number of hydrogen-bond acceptors (Lipinski definition) is 3. The van der Waals surface area contributed by atoms with Crippen LogP contribution in [0.5, 0.6) is 5.75 Å². The summed E-state index contributed by atoms with van der Waals surface area (Å²) in [6, 6.07) is 5.66. The Morgan fingerprint density at radius 3 is 3.04 bits per heavy atom. The molecule has 0 unspecified atom stereocenters. The largest absolute Gasteiger partial charge is 0.497 e. The molecule has 0 radical (unpaired) electrons. The second kappa shape index (κ2) is 7.36. The standard InChI is InChI=1S/C19H23NO3/c1-22-16-7-8-17-15(13-23-18(17)12-16)11-19(21)20-10-9-14-5-3-2-4-6-14/h5,7-8,12-13H,2-4,6,9-11H2,1H3,(H,20,21). The highest BCUT2D eigenvalue weighted by Crippen LogP contribution is 2.26. The fourth-order valence-corrected chi connectivity index (χ4v) is 3.06. The molecule has 0 bridgehead atoms. The summed E-state index contributed by atoms with van der Waals surface area (Å²) in [5.74, 6) is 0.795. The van der Waals surface area contributed by atoms with E-state index in [1.165, 1.54) is 31.3 Å². The molecule has 0 atom stereocenters. The molecule has 23 heavy (non-hydrogen) atoms. The predicted molar refractivity (Wildman–Crippen MR) is 90.6 cm³/mol. The lowest BCUT2D eigenvalue weighted by molar-refractivity contribution is -0.120. The normalized spacial score (nSPS) is 14.6. The van der Waals surface area contributed by atoms with Crippen molar-refractivity contribution in [3.05, 3.63) is 41.7 Å². The van der Waals surface area contributed by atoms with Crippen LogP contribution in [0.25, 0.3) is 11.0 Å². The molecule has 2 aromatic rings. The minimum absolute atomic E-state index is 0.0416. The number of amides is 1. The summed E-state index contributed by atoms with van der Waals surface area (Å²) in [6.07, 6.45) is 10.3. The summed E-state index contributed by atoms with van der Waals surface area (Å²) >= 11 is 0. The maximum Gasteiger partial charge on any atom is 0.224 e. The molecular formula is C19H23NO3. The molecule has 0 saturated carbocycles. The maximum atomic E-state index is 12.1. The Balaban J connectivity index is 1.54. The van der Waals surface area contributed by atoms with Crippen molar-refractivity contribution in [1.82, 2.24) is 5.32 Å². The van der Waals surface area contributed by atoms with Crippen molar-refractivity contribution in [3.63, 3.8) is 0 Å². The molecule has 0 fully saturated rings. The predicted octanol–water partition coefficient (Wildman–Crippen LogP) is 3.99. The number of rotatable bonds is 6. The van der Waals surface area contributed by atoms with Crippen molar-refractivity contribution in [3.8, 4) is 5.75 Å². The SMILES string of the molecule is COc1ccc2c(CC(=O)NCCC3=CCCCC3)coc2c1. The van der Waals surface area contributed by atoms with E-state index in [1.54, 1.807) is 13.4 Å². The van der Waals surface area contributed by atoms with Crippen molar-refractivity contribution >= 4 is 16.9 Å². The van der Waals surface area contributed by atoms with Crippen LogP contribution in [0.2, 0.25) is 0 Å². The first kappa shape index (κ1) is 15.7. The maximum absolute atomic E-state index is 12.1. The summed E-state index contributed by atoms with van der Waals surface area (Å²) in [4.78, 5) is 12.1. The number of carbonyl (C=O) groups is 1. The molecule has 0 aliphatic heterocycles. The average Bonchev–Trinajstić information content (AvgIpc) is 2.98. The molecule has 1 aliphatic rings. The van der Waals surface area contributed by atoms with Gasteiger partial charge < -0.3 is 14.5 Å². The van der Waals surface area contributed by atoms with E-state index in [2.05, 4.69) is 11.4 Å². The zero-order chi connectivity index (χ0) is 16.1. The van der Waals surface area contributed by atoms with Crippen LogP contribution < -0.4 is 10.1 Å². The number of carbonyl (C=O) groups excluding carboxylic acids is 1. The van der Waals surface area contributed by atoms with Crippen LogP contribution in [0.3, 0.4) is 0 Å². The molecule has 1 aliphatic carbocycles. The molecule has 1 aromatic heterocycles. The summed E-state index contributed by atoms with van der Waals surface area (Å²) in [6.45, 7) is 0.717. The van der Waals surface area contributed by atoms with Gasteiger partial charge in [0.1, 0.15) is 11.3 Å². The molecule has 0 saturated heterocycles. The molecule has 1 aromatic carbocycles. The molecule has 3 rings (SSSR count). The number of allylic oxidation sites excluding steroid dienone is 1. The summed E-state index contributed by atoms with van der Waals surface area (Å²) in [7, 11) is 1.63. The van der Waals surface area contributed by atoms with Crippen LogP contribution in [0.1, 0.15) is 37.7 Å². The third kappa shape index (κ3) is 3.95. The second-order valence-corrected chi connectivity index (χ2v) is 6.01. The first-order chi connectivity index (χ1) is 11.3. The first-order valence-electron chi connectivity index (χ1n) is 8.25. The third-order valence-electron chi connectivity index (χ3n) is 4.37. The van der Waals surface area contributed by atoms with Gasteiger partial charge in [-0.25, -0.2) is 0 Å². The van der Waals surface area contributed by atoms with Crippen molar-refractivity contribution in [2.75, 3.05) is 13.7 Å². The molecular weight excluding hydrogens is 290 g/mol. The van der Waals surface area contributed by atoms with E-state index in [9.17, 15) is 4.79 Å². The Morgan fingerprint density at radius 2 is 2.26 bits per heavy atom. The monoisotopic (exact) mass is 313 g/mol. The average molecular weight is 313 g/mol. The lowest BCUT2D eigenvalue weighted by Crippen LogP contribution is -2.26. The lowest BCUT2D eigenvalue weighted by Gasteiger charge is -2.12. The van der Waals surface area contributed by atoms with Gasteiger partial charge in [0.05, 0.1) is 19.8 Å². The van der Waals surface area contributed by atoms with Gasteiger partial charge in [0.25, 0.3) is 0 Å². The van der Waals surface area contributed by atoms with Crippen molar-refractivity contribution < 1.29 is 13.9 Å². The number of benzene rings is 1. The van der Waals surface area contributed by atoms with Gasteiger partial charge in [0.15, 0.2) is 0 Å². The smallest absolute Gasteiger partial charge is 0.224 e. The van der Waals surface area contributed by atoms with Crippen LogP contribution in [-0.2, 0) is 11.2 Å². The molecule has 122 valence electrons. The molecule has 4 nitrogen and oxygen atoms in total. The molecule has 4 heteroatoms. The van der Waals surface area contributed by atoms with Crippen molar-refractivity contribution in [2.45, 2.75) is 38.5 Å². The minimum Gasteiger partial charge on any atom is -0.497 e. The number of furan rings is 1. The number of hydrogen-bond donors (Lipinski definition) is 1. The van der Waals surface area contributed by atoms with Crippen LogP contribution in [0.15, 0.2) is 40.5 Å². The zero-order valence-electron chi connectivity index (χ0n) is 13.6. The Kier molecular flexibility index (Phi) is 5.01. The Hall–Kier alpha value is -2.23. The van der Waals surface area contributed by atoms with Gasteiger partial charge in [-0.3, -0.25) is 4.79 Å². The lowest BCUT2D eigenvalue weighted by atomic mass is 9.97. The van der Waals surface area contributed by atoms with Gasteiger partial charge in [-0.15, -0.1) is 0 Å². The van der Waals surface area contributed by atoms with E-state index in [0.29, 0.717) is 13.0 Å². The van der Waals surface area contributed by atoms with Crippen molar-refractivity contribution in [2.24, 2.45) is 0 Å². The van der Waals surface area contributed by atoms with E-state index in [-0.39, 0.29) is 5.91 Å². The van der Waals surface area contributed by atoms with Crippen LogP contribution in [0.4, 0.5) is 0 Å². The highest BCUT2D eigenvalue weighted by molar-refractivity contribution is 5.88. The topological polar surface area (TPSA) is 51.5 Å². The van der Waals surface area contributed by atoms with E-state index in [0.717, 1.165) is 28.7 Å². The van der Waals surface area contributed by atoms with Crippen LogP contribution >= 0.6 is 0 Å². The summed E-state index contributed by atoms with van der Waals surface area (Å²) in [5, 5.41) is 3.98. The highest BCUT2D eigenvalue weighted by Gasteiger charge is 2.11. The van der Waals surface area contributed by atoms with Gasteiger partial charge in [0.2, 0.25) is 5.91 Å². The van der Waals surface area contributed by atoms with Crippen LogP contribution in [-0.4, -0.2) is 19.6 Å². The molecule has 1 heterocycles. The van der Waals surface area contributed by atoms with Gasteiger partial charge in [-0.2, -0.15) is 0 Å². The minimum atomic E-state index is 0.0416.